The first kappa shape index (κ1) is 21.0. The van der Waals surface area contributed by atoms with Gasteiger partial charge in [-0.15, -0.1) is 6.08 Å². The molecule has 4 heteroatoms. The van der Waals surface area contributed by atoms with Gasteiger partial charge in [0.15, 0.2) is 0 Å². The van der Waals surface area contributed by atoms with Crippen molar-refractivity contribution in [2.45, 2.75) is 38.5 Å². The summed E-state index contributed by atoms with van der Waals surface area (Å²) in [5, 5.41) is 0. The first-order chi connectivity index (χ1) is 11.0. The topological polar surface area (TPSA) is 26.3 Å². The molecule has 24 heavy (non-hydrogen) atoms. The van der Waals surface area contributed by atoms with Crippen molar-refractivity contribution in [1.82, 2.24) is 0 Å². The maximum Gasteiger partial charge on any atom is 0.341 e. The van der Waals surface area contributed by atoms with Crippen molar-refractivity contribution in [3.8, 4) is 0 Å². The van der Waals surface area contributed by atoms with E-state index in [1.54, 1.807) is 12.1 Å². The summed E-state index contributed by atoms with van der Waals surface area (Å²) < 4.78 is 17.9. The number of hydrogen-bond donors (Lipinski definition) is 0. The van der Waals surface area contributed by atoms with Gasteiger partial charge in [-0.05, 0) is 48.2 Å². The number of rotatable bonds is 5. The summed E-state index contributed by atoms with van der Waals surface area (Å²) in [5.74, 6) is 0.0461. The van der Waals surface area contributed by atoms with Gasteiger partial charge in [0.1, 0.15) is 0 Å². The van der Waals surface area contributed by atoms with E-state index in [1.807, 2.05) is 18.2 Å². The van der Waals surface area contributed by atoms with Crippen LogP contribution < -0.4 is 0 Å². The number of allylic oxidation sites excluding steroid dienone is 3. The summed E-state index contributed by atoms with van der Waals surface area (Å²) in [7, 11) is 0. The van der Waals surface area contributed by atoms with Crippen molar-refractivity contribution < 1.29 is 46.6 Å². The van der Waals surface area contributed by atoms with Crippen LogP contribution in [0.25, 0.3) is 0 Å². The molecule has 2 rings (SSSR count). The number of halogens is 1. The second kappa shape index (κ2) is 10.1. The SMILES string of the molecule is C=[C-]/C(F)=C\C(=C)OC(=O)c1ccc(C2CCC(C)CC2)cc1.[Y]. The van der Waals surface area contributed by atoms with Crippen molar-refractivity contribution in [2.24, 2.45) is 5.92 Å². The molecule has 0 N–H and O–H groups in total. The summed E-state index contributed by atoms with van der Waals surface area (Å²) in [6.07, 6.45) is 7.93. The van der Waals surface area contributed by atoms with Crippen LogP contribution in [-0.2, 0) is 37.4 Å². The Labute approximate surface area is 168 Å². The molecule has 1 saturated carbocycles. The van der Waals surface area contributed by atoms with Crippen molar-refractivity contribution >= 4 is 5.97 Å². The second-order valence-electron chi connectivity index (χ2n) is 6.10. The van der Waals surface area contributed by atoms with Crippen LogP contribution in [0.1, 0.15) is 54.4 Å². The number of ether oxygens (including phenoxy) is 1. The number of hydrogen-bond acceptors (Lipinski definition) is 2. The van der Waals surface area contributed by atoms with Gasteiger partial charge in [-0.2, -0.15) is 6.58 Å². The van der Waals surface area contributed by atoms with Crippen LogP contribution in [0.15, 0.2) is 55.1 Å². The van der Waals surface area contributed by atoms with Crippen LogP contribution in [0.5, 0.6) is 0 Å². The Hall–Kier alpha value is -1.06. The molecule has 1 radical (unpaired) electrons. The Morgan fingerprint density at radius 1 is 1.25 bits per heavy atom. The smallest absolute Gasteiger partial charge is 0.341 e. The van der Waals surface area contributed by atoms with Gasteiger partial charge in [0, 0.05) is 38.5 Å². The van der Waals surface area contributed by atoms with Crippen molar-refractivity contribution in [1.29, 1.82) is 0 Å². The van der Waals surface area contributed by atoms with Gasteiger partial charge in [0.25, 0.3) is 0 Å². The number of carbonyl (C=O) groups excluding carboxylic acids is 1. The molecule has 0 bridgehead atoms. The first-order valence-electron chi connectivity index (χ1n) is 7.91. The molecule has 1 aromatic carbocycles. The summed E-state index contributed by atoms with van der Waals surface area (Å²) in [5.41, 5.74) is 1.69. The van der Waals surface area contributed by atoms with E-state index >= 15 is 0 Å². The van der Waals surface area contributed by atoms with Crippen molar-refractivity contribution in [3.63, 3.8) is 0 Å². The van der Waals surface area contributed by atoms with E-state index in [1.165, 1.54) is 31.2 Å². The fraction of sp³-hybridized carbons (Fsp3) is 0.350. The van der Waals surface area contributed by atoms with E-state index in [0.29, 0.717) is 11.5 Å². The molecule has 0 spiro atoms. The normalized spacial score (nSPS) is 20.7. The summed E-state index contributed by atoms with van der Waals surface area (Å²) in [6, 6.07) is 7.47. The minimum atomic E-state index is -0.718. The molecule has 0 unspecified atom stereocenters. The molecule has 0 aromatic heterocycles. The Balaban J connectivity index is 0.00000288. The molecule has 1 fully saturated rings. The largest absolute Gasteiger partial charge is 0.443 e. The molecular weight excluding hydrogens is 380 g/mol. The minimum absolute atomic E-state index is 0. The molecule has 1 aliphatic rings. The van der Waals surface area contributed by atoms with Gasteiger partial charge in [0.05, 0.1) is 5.56 Å². The predicted molar refractivity (Wildman–Crippen MR) is 89.4 cm³/mol. The van der Waals surface area contributed by atoms with Crippen LogP contribution in [0.2, 0.25) is 0 Å². The molecule has 125 valence electrons. The molecule has 0 atom stereocenters. The first-order valence-corrected chi connectivity index (χ1v) is 7.91. The minimum Gasteiger partial charge on any atom is -0.443 e. The molecule has 0 aliphatic heterocycles. The van der Waals surface area contributed by atoms with E-state index in [-0.39, 0.29) is 38.5 Å². The van der Waals surface area contributed by atoms with Gasteiger partial charge >= 0.3 is 5.97 Å². The van der Waals surface area contributed by atoms with E-state index in [2.05, 4.69) is 20.1 Å². The predicted octanol–water partition coefficient (Wildman–Crippen LogP) is 5.49. The van der Waals surface area contributed by atoms with E-state index in [4.69, 9.17) is 4.74 Å². The average Bonchev–Trinajstić information content (AvgIpc) is 2.55. The maximum atomic E-state index is 13.0. The Morgan fingerprint density at radius 3 is 2.38 bits per heavy atom. The summed E-state index contributed by atoms with van der Waals surface area (Å²) in [4.78, 5) is 12.0. The summed E-state index contributed by atoms with van der Waals surface area (Å²) in [6.45, 7) is 8.93. The van der Waals surface area contributed by atoms with Crippen LogP contribution in [0, 0.1) is 12.0 Å². The van der Waals surface area contributed by atoms with Crippen LogP contribution in [0.3, 0.4) is 0 Å². The zero-order valence-electron chi connectivity index (χ0n) is 14.1. The number of benzene rings is 1. The van der Waals surface area contributed by atoms with Gasteiger partial charge in [-0.1, -0.05) is 38.5 Å². The third kappa shape index (κ3) is 6.10. The van der Waals surface area contributed by atoms with Gasteiger partial charge < -0.3 is 4.74 Å². The third-order valence-electron chi connectivity index (χ3n) is 4.31. The fourth-order valence-corrected chi connectivity index (χ4v) is 2.88. The molecule has 2 nitrogen and oxygen atoms in total. The van der Waals surface area contributed by atoms with E-state index in [9.17, 15) is 9.18 Å². The average molecular weight is 402 g/mol. The molecule has 0 heterocycles. The molecule has 1 aromatic rings. The van der Waals surface area contributed by atoms with Crippen LogP contribution in [0.4, 0.5) is 4.39 Å². The fourth-order valence-electron chi connectivity index (χ4n) is 2.88. The van der Waals surface area contributed by atoms with Crippen molar-refractivity contribution in [3.05, 3.63) is 72.3 Å². The van der Waals surface area contributed by atoms with Gasteiger partial charge in [-0.25, -0.2) is 15.3 Å². The molecule has 0 amide bonds. The second-order valence-corrected chi connectivity index (χ2v) is 6.10. The van der Waals surface area contributed by atoms with E-state index < -0.39 is 11.8 Å². The molecular formula is C20H22FO2Y-. The maximum absolute atomic E-state index is 13.0. The number of esters is 1. The van der Waals surface area contributed by atoms with Gasteiger partial charge in [-0.3, -0.25) is 0 Å². The van der Waals surface area contributed by atoms with Crippen LogP contribution in [-0.4, -0.2) is 5.97 Å². The molecule has 1 aliphatic carbocycles. The Kier molecular flexibility index (Phi) is 8.79. The number of carbonyl (C=O) groups is 1. The monoisotopic (exact) mass is 402 g/mol. The standard InChI is InChI=1S/C20H22FO2.Y/c1-4-19(21)13-15(3)23-20(22)18-11-9-17(10-12-18)16-7-5-14(2)6-8-16;/h9-14,16H,1,3,5-8H2,2H3;/q-1;/b19-13+;. The zero-order chi connectivity index (χ0) is 16.8. The quantitative estimate of drug-likeness (QED) is 0.282. The van der Waals surface area contributed by atoms with E-state index in [0.717, 1.165) is 12.0 Å². The Morgan fingerprint density at radius 2 is 1.83 bits per heavy atom. The third-order valence-corrected chi connectivity index (χ3v) is 4.31. The zero-order valence-corrected chi connectivity index (χ0v) is 16.9. The van der Waals surface area contributed by atoms with Crippen LogP contribution >= 0.6 is 0 Å². The van der Waals surface area contributed by atoms with Gasteiger partial charge in [0.2, 0.25) is 0 Å². The Bertz CT molecular complexity index is 611. The summed E-state index contributed by atoms with van der Waals surface area (Å²) >= 11 is 0. The molecule has 0 saturated heterocycles. The van der Waals surface area contributed by atoms with Crippen molar-refractivity contribution in [2.75, 3.05) is 0 Å².